The van der Waals surface area contributed by atoms with Gasteiger partial charge >= 0.3 is 17.1 Å². The summed E-state index contributed by atoms with van der Waals surface area (Å²) < 4.78 is 0. The van der Waals surface area contributed by atoms with Crippen LogP contribution in [0.4, 0.5) is 0 Å². The van der Waals surface area contributed by atoms with Gasteiger partial charge in [-0.3, -0.25) is 9.97 Å². The summed E-state index contributed by atoms with van der Waals surface area (Å²) in [4.78, 5) is 7.86. The first-order valence-corrected chi connectivity index (χ1v) is 5.10. The molecule has 0 unspecified atom stereocenters. The fraction of sp³-hybridized carbons (Fsp3) is 0. The van der Waals surface area contributed by atoms with Crippen molar-refractivity contribution in [3.63, 3.8) is 0 Å². The zero-order valence-corrected chi connectivity index (χ0v) is 10.3. The van der Waals surface area contributed by atoms with E-state index in [0.29, 0.717) is 0 Å². The molecule has 17 heavy (non-hydrogen) atoms. The first-order valence-electron chi connectivity index (χ1n) is 5.10. The van der Waals surface area contributed by atoms with E-state index in [1.54, 1.807) is 0 Å². The molecule has 0 atom stereocenters. The van der Waals surface area contributed by atoms with E-state index in [2.05, 4.69) is 9.97 Å². The molecule has 0 amide bonds. The van der Waals surface area contributed by atoms with Gasteiger partial charge in [0.05, 0.1) is 6.33 Å². The normalized spacial score (nSPS) is 8.71. The fourth-order valence-electron chi connectivity index (χ4n) is 1.34. The molecule has 0 saturated heterocycles. The topological polar surface area (TPSA) is 25.8 Å². The molecule has 0 saturated carbocycles. The van der Waals surface area contributed by atoms with E-state index < -0.39 is 0 Å². The Bertz CT molecular complexity index is 455. The molecule has 2 aromatic carbocycles. The smallest absolute Gasteiger partial charge is 0.284 e. The number of aromatic nitrogens is 2. The average molecular weight is 264 g/mol. The van der Waals surface area contributed by atoms with Crippen LogP contribution in [0.25, 0.3) is 11.1 Å². The van der Waals surface area contributed by atoms with Gasteiger partial charge in [0.15, 0.2) is 0 Å². The van der Waals surface area contributed by atoms with Gasteiger partial charge in [0.2, 0.25) is 0 Å². The average Bonchev–Trinajstić information content (AvgIpc) is 3.07. The van der Waals surface area contributed by atoms with E-state index in [1.807, 2.05) is 67.0 Å². The van der Waals surface area contributed by atoms with Gasteiger partial charge in [-0.2, -0.15) is 30.3 Å². The summed E-state index contributed by atoms with van der Waals surface area (Å²) in [5, 5.41) is 0. The molecular weight excluding hydrogens is 252 g/mol. The summed E-state index contributed by atoms with van der Waals surface area (Å²) >= 11 is 0. The van der Waals surface area contributed by atoms with Crippen molar-refractivity contribution in [1.29, 1.82) is 0 Å². The van der Waals surface area contributed by atoms with Gasteiger partial charge in [-0.25, -0.2) is 12.1 Å². The van der Waals surface area contributed by atoms with Crippen molar-refractivity contribution < 1.29 is 17.1 Å². The first kappa shape index (κ1) is 13.4. The predicted octanol–water partition coefficient (Wildman–Crippen LogP) is 3.27. The molecule has 1 aromatic heterocycles. The second-order valence-electron chi connectivity index (χ2n) is 3.26. The molecule has 0 fully saturated rings. The second-order valence-corrected chi connectivity index (χ2v) is 3.26. The van der Waals surface area contributed by atoms with Crippen molar-refractivity contribution in [3.05, 3.63) is 73.3 Å². The van der Waals surface area contributed by atoms with Crippen molar-refractivity contribution in [1.82, 2.24) is 9.97 Å². The van der Waals surface area contributed by atoms with Crippen LogP contribution in [0.1, 0.15) is 0 Å². The maximum Gasteiger partial charge on any atom is 2.00 e. The zero-order valence-electron chi connectivity index (χ0n) is 9.18. The van der Waals surface area contributed by atoms with Gasteiger partial charge in [-0.15, -0.1) is 12.1 Å². The third-order valence-corrected chi connectivity index (χ3v) is 2.11. The molecule has 1 heterocycles. The Kier molecular flexibility index (Phi) is 5.94. The number of hydrogen-bond donors (Lipinski definition) is 0. The zero-order chi connectivity index (χ0) is 11.1. The van der Waals surface area contributed by atoms with Crippen LogP contribution in [-0.2, 0) is 17.1 Å². The monoisotopic (exact) mass is 264 g/mol. The summed E-state index contributed by atoms with van der Waals surface area (Å²) in [7, 11) is 0. The minimum Gasteiger partial charge on any atom is -0.284 e. The summed E-state index contributed by atoms with van der Waals surface area (Å²) in [6.07, 6.45) is 5.15. The molecule has 0 aliphatic rings. The molecule has 86 valence electrons. The van der Waals surface area contributed by atoms with Crippen LogP contribution in [0.3, 0.4) is 0 Å². The van der Waals surface area contributed by atoms with E-state index in [1.165, 1.54) is 11.9 Å². The van der Waals surface area contributed by atoms with Gasteiger partial charge in [-0.05, 0) is 12.4 Å². The molecule has 3 rings (SSSR count). The molecule has 0 radical (unpaired) electrons. The molecule has 2 nitrogen and oxygen atoms in total. The molecule has 0 bridgehead atoms. The summed E-state index contributed by atoms with van der Waals surface area (Å²) in [5.74, 6) is 0. The van der Waals surface area contributed by atoms with Crippen molar-refractivity contribution in [2.24, 2.45) is 0 Å². The third kappa shape index (κ3) is 4.35. The summed E-state index contributed by atoms with van der Waals surface area (Å²) in [5.41, 5.74) is 2.24. The molecule has 3 heteroatoms. The van der Waals surface area contributed by atoms with Crippen LogP contribution in [0.2, 0.25) is 0 Å². The van der Waals surface area contributed by atoms with Crippen molar-refractivity contribution in [2.75, 3.05) is 0 Å². The summed E-state index contributed by atoms with van der Waals surface area (Å²) in [6, 6.07) is 18.1. The van der Waals surface area contributed by atoms with Crippen LogP contribution in [0, 0.1) is 0 Å². The third-order valence-electron chi connectivity index (χ3n) is 2.11. The van der Waals surface area contributed by atoms with Crippen molar-refractivity contribution in [3.8, 4) is 11.1 Å². The number of nitrogens with zero attached hydrogens (tertiary/aromatic N) is 2. The quantitative estimate of drug-likeness (QED) is 0.498. The van der Waals surface area contributed by atoms with Crippen LogP contribution >= 0.6 is 0 Å². The Morgan fingerprint density at radius 3 is 1.94 bits per heavy atom. The molecule has 0 spiro atoms. The maximum absolute atomic E-state index is 3.93. The van der Waals surface area contributed by atoms with E-state index in [0.717, 1.165) is 5.56 Å². The molecule has 0 aliphatic carbocycles. The summed E-state index contributed by atoms with van der Waals surface area (Å²) in [6.45, 7) is 0. The van der Waals surface area contributed by atoms with Gasteiger partial charge < -0.3 is 0 Å². The van der Waals surface area contributed by atoms with Gasteiger partial charge in [0.1, 0.15) is 0 Å². The van der Waals surface area contributed by atoms with E-state index in [4.69, 9.17) is 0 Å². The van der Waals surface area contributed by atoms with Gasteiger partial charge in [0.25, 0.3) is 0 Å². The Hall–Kier alpha value is -1.70. The predicted molar refractivity (Wildman–Crippen MR) is 65.1 cm³/mol. The van der Waals surface area contributed by atoms with Crippen molar-refractivity contribution in [2.45, 2.75) is 0 Å². The fourth-order valence-corrected chi connectivity index (χ4v) is 1.34. The largest absolute Gasteiger partial charge is 2.00 e. The second kappa shape index (κ2) is 7.55. The van der Waals surface area contributed by atoms with Crippen molar-refractivity contribution >= 4 is 0 Å². The van der Waals surface area contributed by atoms with Gasteiger partial charge in [0, 0.05) is 0 Å². The van der Waals surface area contributed by atoms with E-state index in [-0.39, 0.29) is 17.1 Å². The minimum atomic E-state index is 0. The first-order chi connectivity index (χ1) is 7.97. The molecule has 0 aliphatic heterocycles. The van der Waals surface area contributed by atoms with Crippen LogP contribution in [0.5, 0.6) is 0 Å². The Morgan fingerprint density at radius 1 is 0.882 bits per heavy atom. The molecule has 3 aromatic rings. The maximum atomic E-state index is 3.93. The molecule has 0 N–H and O–H groups in total. The number of rotatable bonds is 1. The Labute approximate surface area is 112 Å². The Balaban J connectivity index is 0.000000205. The number of hydrogen-bond acceptors (Lipinski definition) is 2. The van der Waals surface area contributed by atoms with Crippen LogP contribution in [-0.4, -0.2) is 9.97 Å². The van der Waals surface area contributed by atoms with E-state index in [9.17, 15) is 0 Å². The molecular formula is C14H12FeN2. The van der Waals surface area contributed by atoms with E-state index >= 15 is 0 Å². The van der Waals surface area contributed by atoms with Gasteiger partial charge in [-0.1, -0.05) is 11.1 Å². The minimum absolute atomic E-state index is 0. The van der Waals surface area contributed by atoms with Crippen LogP contribution in [0.15, 0.2) is 73.3 Å². The van der Waals surface area contributed by atoms with Crippen LogP contribution < -0.4 is 0 Å². The standard InChI is InChI=1S/C9H7N2.C5H5.Fe/c1-2-4-8(3-1)9-5-10-7-11-6-9;1-2-4-5-3-1;/h1-7H;1-5H;/q2*-1;+2. The SMILES string of the molecule is [Fe+2].c1cc[c-](-c2cncnc2)c1.c1cc[cH-]c1. The Morgan fingerprint density at radius 2 is 1.47 bits per heavy atom.